The van der Waals surface area contributed by atoms with Crippen LogP contribution in [0, 0.1) is 0 Å². The molecule has 0 saturated heterocycles. The minimum Gasteiger partial charge on any atom is -0.496 e. The number of benzene rings is 2. The SMILES string of the molecule is CCC(C)c1ccccc1NC(=S)NC(=O)c1cc(Cl)ccc1OC. The summed E-state index contributed by atoms with van der Waals surface area (Å²) < 4.78 is 5.20. The molecule has 4 nitrogen and oxygen atoms in total. The van der Waals surface area contributed by atoms with Crippen LogP contribution < -0.4 is 15.4 Å². The Balaban J connectivity index is 2.14. The topological polar surface area (TPSA) is 50.4 Å². The van der Waals surface area contributed by atoms with Gasteiger partial charge in [-0.25, -0.2) is 0 Å². The number of carbonyl (C=O) groups excluding carboxylic acids is 1. The highest BCUT2D eigenvalue weighted by molar-refractivity contribution is 7.80. The van der Waals surface area contributed by atoms with Gasteiger partial charge >= 0.3 is 0 Å². The highest BCUT2D eigenvalue weighted by atomic mass is 35.5. The molecule has 0 saturated carbocycles. The van der Waals surface area contributed by atoms with Crippen LogP contribution in [0.2, 0.25) is 5.02 Å². The summed E-state index contributed by atoms with van der Waals surface area (Å²) in [7, 11) is 1.50. The second-order valence-corrected chi connectivity index (χ2v) is 6.49. The largest absolute Gasteiger partial charge is 0.496 e. The molecule has 1 atom stereocenters. The van der Waals surface area contributed by atoms with Gasteiger partial charge in [-0.05, 0) is 54.4 Å². The van der Waals surface area contributed by atoms with E-state index in [0.29, 0.717) is 22.3 Å². The van der Waals surface area contributed by atoms with Gasteiger partial charge in [0, 0.05) is 10.7 Å². The molecule has 2 aromatic rings. The highest BCUT2D eigenvalue weighted by Crippen LogP contribution is 2.26. The second kappa shape index (κ2) is 8.83. The number of ether oxygens (including phenoxy) is 1. The highest BCUT2D eigenvalue weighted by Gasteiger charge is 2.15. The van der Waals surface area contributed by atoms with Crippen LogP contribution in [0.15, 0.2) is 42.5 Å². The number of hydrogen-bond acceptors (Lipinski definition) is 3. The molecule has 0 radical (unpaired) electrons. The maximum absolute atomic E-state index is 12.5. The van der Waals surface area contributed by atoms with Gasteiger partial charge in [0.05, 0.1) is 12.7 Å². The summed E-state index contributed by atoms with van der Waals surface area (Å²) in [6.45, 7) is 4.28. The van der Waals surface area contributed by atoms with Crippen LogP contribution in [0.4, 0.5) is 5.69 Å². The van der Waals surface area contributed by atoms with Crippen molar-refractivity contribution in [1.29, 1.82) is 0 Å². The van der Waals surface area contributed by atoms with Crippen molar-refractivity contribution in [2.45, 2.75) is 26.2 Å². The smallest absolute Gasteiger partial charge is 0.261 e. The molecule has 0 aliphatic carbocycles. The van der Waals surface area contributed by atoms with E-state index in [1.807, 2.05) is 18.2 Å². The number of anilines is 1. The zero-order chi connectivity index (χ0) is 18.4. The Morgan fingerprint density at radius 3 is 2.68 bits per heavy atom. The van der Waals surface area contributed by atoms with Crippen LogP contribution in [-0.4, -0.2) is 18.1 Å². The first kappa shape index (κ1) is 19.2. The number of rotatable bonds is 5. The third-order valence-electron chi connectivity index (χ3n) is 3.99. The molecule has 0 spiro atoms. The number of thiocarbonyl (C=S) groups is 1. The van der Waals surface area contributed by atoms with Crippen molar-refractivity contribution in [2.75, 3.05) is 12.4 Å². The summed E-state index contributed by atoms with van der Waals surface area (Å²) in [5, 5.41) is 6.45. The molecular weight excluding hydrogens is 356 g/mol. The molecule has 0 aliphatic heterocycles. The average molecular weight is 377 g/mol. The molecule has 0 aromatic heterocycles. The minimum atomic E-state index is -0.377. The summed E-state index contributed by atoms with van der Waals surface area (Å²) in [6, 6.07) is 12.8. The van der Waals surface area contributed by atoms with Gasteiger partial charge in [0.1, 0.15) is 5.75 Å². The molecule has 2 aromatic carbocycles. The summed E-state index contributed by atoms with van der Waals surface area (Å²) in [6.07, 6.45) is 1.01. The maximum atomic E-state index is 12.5. The number of halogens is 1. The number of carbonyl (C=O) groups is 1. The first-order valence-electron chi connectivity index (χ1n) is 8.01. The lowest BCUT2D eigenvalue weighted by Crippen LogP contribution is -2.34. The first-order valence-corrected chi connectivity index (χ1v) is 8.79. The molecule has 6 heteroatoms. The van der Waals surface area contributed by atoms with E-state index in [1.54, 1.807) is 18.2 Å². The Morgan fingerprint density at radius 2 is 2.00 bits per heavy atom. The van der Waals surface area contributed by atoms with E-state index in [1.165, 1.54) is 7.11 Å². The fourth-order valence-corrected chi connectivity index (χ4v) is 2.82. The van der Waals surface area contributed by atoms with E-state index in [-0.39, 0.29) is 11.0 Å². The Labute approximate surface area is 158 Å². The molecule has 1 unspecified atom stereocenters. The van der Waals surface area contributed by atoms with Crippen molar-refractivity contribution in [3.63, 3.8) is 0 Å². The molecule has 0 aliphatic rings. The molecule has 1 amide bonds. The Morgan fingerprint density at radius 1 is 1.28 bits per heavy atom. The van der Waals surface area contributed by atoms with Gasteiger partial charge in [-0.2, -0.15) is 0 Å². The van der Waals surface area contributed by atoms with E-state index in [9.17, 15) is 4.79 Å². The van der Waals surface area contributed by atoms with Crippen LogP contribution in [0.3, 0.4) is 0 Å². The Hall–Kier alpha value is -2.11. The van der Waals surface area contributed by atoms with Crippen LogP contribution in [0.25, 0.3) is 0 Å². The average Bonchev–Trinajstić information content (AvgIpc) is 2.61. The zero-order valence-corrected chi connectivity index (χ0v) is 16.0. The van der Waals surface area contributed by atoms with Gasteiger partial charge in [-0.15, -0.1) is 0 Å². The standard InChI is InChI=1S/C19H21ClN2O2S/c1-4-12(2)14-7-5-6-8-16(14)21-19(25)22-18(23)15-11-13(20)9-10-17(15)24-3/h5-12H,4H2,1-3H3,(H2,21,22,23,25). The van der Waals surface area contributed by atoms with Gasteiger partial charge in [0.25, 0.3) is 5.91 Å². The number of para-hydroxylation sites is 1. The Bertz CT molecular complexity index is 780. The summed E-state index contributed by atoms with van der Waals surface area (Å²) in [5.41, 5.74) is 2.37. The summed E-state index contributed by atoms with van der Waals surface area (Å²) >= 11 is 11.3. The van der Waals surface area contributed by atoms with Gasteiger partial charge in [0.2, 0.25) is 0 Å². The molecule has 25 heavy (non-hydrogen) atoms. The first-order chi connectivity index (χ1) is 12.0. The maximum Gasteiger partial charge on any atom is 0.261 e. The van der Waals surface area contributed by atoms with Crippen molar-refractivity contribution >= 4 is 40.5 Å². The van der Waals surface area contributed by atoms with Gasteiger partial charge in [-0.1, -0.05) is 43.6 Å². The van der Waals surface area contributed by atoms with E-state index in [2.05, 4.69) is 30.5 Å². The van der Waals surface area contributed by atoms with Crippen LogP contribution in [0.5, 0.6) is 5.75 Å². The molecular formula is C19H21ClN2O2S. The predicted molar refractivity (Wildman–Crippen MR) is 107 cm³/mol. The quantitative estimate of drug-likeness (QED) is 0.722. The van der Waals surface area contributed by atoms with Gasteiger partial charge in [0.15, 0.2) is 5.11 Å². The number of methoxy groups -OCH3 is 1. The van der Waals surface area contributed by atoms with Crippen molar-refractivity contribution in [2.24, 2.45) is 0 Å². The fourth-order valence-electron chi connectivity index (χ4n) is 2.44. The number of amides is 1. The van der Waals surface area contributed by atoms with Crippen LogP contribution in [0.1, 0.15) is 42.1 Å². The fraction of sp³-hybridized carbons (Fsp3) is 0.263. The molecule has 0 bridgehead atoms. The van der Waals surface area contributed by atoms with Gasteiger partial charge < -0.3 is 10.1 Å². The predicted octanol–water partition coefficient (Wildman–Crippen LogP) is 4.99. The van der Waals surface area contributed by atoms with E-state index >= 15 is 0 Å². The third kappa shape index (κ3) is 4.94. The van der Waals surface area contributed by atoms with E-state index < -0.39 is 0 Å². The minimum absolute atomic E-state index is 0.225. The monoisotopic (exact) mass is 376 g/mol. The van der Waals surface area contributed by atoms with Crippen LogP contribution in [-0.2, 0) is 0 Å². The third-order valence-corrected chi connectivity index (χ3v) is 4.42. The molecule has 132 valence electrons. The van der Waals surface area contributed by atoms with Crippen LogP contribution >= 0.6 is 23.8 Å². The number of nitrogens with one attached hydrogen (secondary N) is 2. The number of hydrogen-bond donors (Lipinski definition) is 2. The normalized spacial score (nSPS) is 11.5. The van der Waals surface area contributed by atoms with Crippen molar-refractivity contribution in [1.82, 2.24) is 5.32 Å². The second-order valence-electron chi connectivity index (χ2n) is 5.65. The lowest BCUT2D eigenvalue weighted by Gasteiger charge is -2.17. The molecule has 2 N–H and O–H groups in total. The zero-order valence-electron chi connectivity index (χ0n) is 14.4. The van der Waals surface area contributed by atoms with Crippen molar-refractivity contribution < 1.29 is 9.53 Å². The summed E-state index contributed by atoms with van der Waals surface area (Å²) in [4.78, 5) is 12.5. The molecule has 0 fully saturated rings. The van der Waals surface area contributed by atoms with Crippen molar-refractivity contribution in [3.05, 3.63) is 58.6 Å². The molecule has 0 heterocycles. The molecule has 2 rings (SSSR count). The lowest BCUT2D eigenvalue weighted by molar-refractivity contribution is 0.0975. The van der Waals surface area contributed by atoms with Gasteiger partial charge in [-0.3, -0.25) is 10.1 Å². The van der Waals surface area contributed by atoms with E-state index in [0.717, 1.165) is 17.7 Å². The summed E-state index contributed by atoms with van der Waals surface area (Å²) in [5.74, 6) is 0.442. The van der Waals surface area contributed by atoms with Crippen molar-refractivity contribution in [3.8, 4) is 5.75 Å². The Kier molecular flexibility index (Phi) is 6.79. The van der Waals surface area contributed by atoms with E-state index in [4.69, 9.17) is 28.6 Å². The lowest BCUT2D eigenvalue weighted by atomic mass is 9.97.